The van der Waals surface area contributed by atoms with Crippen LogP contribution in [0.2, 0.25) is 0 Å². The van der Waals surface area contributed by atoms with Gasteiger partial charge in [0.25, 0.3) is 0 Å². The van der Waals surface area contributed by atoms with Gasteiger partial charge in [0.2, 0.25) is 0 Å². The van der Waals surface area contributed by atoms with Crippen LogP contribution < -0.4 is 22.5 Å². The molecule has 1 heterocycles. The number of carbonyl (C=O) groups excluding carboxylic acids is 1. The minimum absolute atomic E-state index is 0. The third-order valence-corrected chi connectivity index (χ3v) is 3.77. The van der Waals surface area contributed by atoms with E-state index in [2.05, 4.69) is 10.3 Å². The fourth-order valence-corrected chi connectivity index (χ4v) is 2.67. The van der Waals surface area contributed by atoms with Gasteiger partial charge in [-0.3, -0.25) is 9.78 Å². The number of aryl methyl sites for hydroxylation is 1. The third-order valence-electron chi connectivity index (χ3n) is 3.77. The number of fused-ring (bicyclic) bond motifs is 1. The van der Waals surface area contributed by atoms with Crippen molar-refractivity contribution in [3.8, 4) is 5.75 Å². The number of nitrogens with zero attached hydrogens (tertiary/aromatic N) is 1. The van der Waals surface area contributed by atoms with Gasteiger partial charge in [-0.25, -0.2) is 0 Å². The Bertz CT molecular complexity index is 909. The Morgan fingerprint density at radius 3 is 2.68 bits per heavy atom. The number of hydrogen-bond donors (Lipinski definition) is 1. The quantitative estimate of drug-likeness (QED) is 0.710. The molecule has 2 aromatic carbocycles. The summed E-state index contributed by atoms with van der Waals surface area (Å²) >= 11 is 0. The molecule has 0 fully saturated rings. The van der Waals surface area contributed by atoms with Gasteiger partial charge in [0.1, 0.15) is 5.75 Å². The van der Waals surface area contributed by atoms with E-state index in [-0.39, 0.29) is 18.2 Å². The molecule has 0 aliphatic heterocycles. The van der Waals surface area contributed by atoms with Gasteiger partial charge in [-0.2, -0.15) is 0 Å². The van der Waals surface area contributed by atoms with Crippen LogP contribution in [0, 0.1) is 6.92 Å². The maximum absolute atomic E-state index is 11.6. The predicted octanol–water partition coefficient (Wildman–Crippen LogP) is 1.89. The average molecular weight is 356 g/mol. The molecular weight excluding hydrogens is 336 g/mol. The zero-order valence-electron chi connectivity index (χ0n) is 14.5. The number of ether oxygens (including phenoxy) is 1. The Balaban J connectivity index is 0.00000225. The highest BCUT2D eigenvalue weighted by Gasteiger charge is 2.08. The van der Waals surface area contributed by atoms with Crippen molar-refractivity contribution in [1.29, 1.82) is 0 Å². The van der Waals surface area contributed by atoms with Gasteiger partial charge in [0.05, 0.1) is 12.1 Å². The lowest BCUT2D eigenvalue weighted by Gasteiger charge is -2.13. The van der Waals surface area contributed by atoms with Gasteiger partial charge in [-0.05, 0) is 57.2 Å². The van der Waals surface area contributed by atoms with Gasteiger partial charge in [-0.1, -0.05) is 12.1 Å². The molecule has 0 radical (unpaired) electrons. The van der Waals surface area contributed by atoms with Crippen LogP contribution in [0.3, 0.4) is 0 Å². The minimum Gasteiger partial charge on any atom is -1.00 e. The molecule has 0 bridgehead atoms. The molecule has 3 rings (SSSR count). The summed E-state index contributed by atoms with van der Waals surface area (Å²) in [5.74, 6) is 0.865. The second kappa shape index (κ2) is 7.99. The Labute approximate surface area is 153 Å². The number of Topliss-reactive ketones (excluding diaryl/α,β-unsaturated/α-hetero) is 1. The molecule has 25 heavy (non-hydrogen) atoms. The number of halogens is 1. The SMILES string of the molecule is CCOc1ccc2nc(C)cc(Nc3cccc(C(C)=O)c3)c2c1.[Cl-]. The monoisotopic (exact) mass is 355 g/mol. The van der Waals surface area contributed by atoms with E-state index in [1.165, 1.54) is 0 Å². The average Bonchev–Trinajstić information content (AvgIpc) is 2.56. The summed E-state index contributed by atoms with van der Waals surface area (Å²) in [6.07, 6.45) is 0. The fraction of sp³-hybridized carbons (Fsp3) is 0.200. The van der Waals surface area contributed by atoms with E-state index in [1.54, 1.807) is 6.92 Å². The second-order valence-electron chi connectivity index (χ2n) is 5.69. The fourth-order valence-electron chi connectivity index (χ4n) is 2.67. The van der Waals surface area contributed by atoms with Crippen molar-refractivity contribution in [1.82, 2.24) is 4.98 Å². The van der Waals surface area contributed by atoms with E-state index >= 15 is 0 Å². The number of pyridine rings is 1. The van der Waals surface area contributed by atoms with Crippen LogP contribution in [-0.2, 0) is 0 Å². The lowest BCUT2D eigenvalue weighted by Crippen LogP contribution is -3.00. The zero-order valence-corrected chi connectivity index (χ0v) is 15.2. The summed E-state index contributed by atoms with van der Waals surface area (Å²) < 4.78 is 5.60. The van der Waals surface area contributed by atoms with Crippen LogP contribution in [0.4, 0.5) is 11.4 Å². The Hall–Kier alpha value is -2.59. The number of benzene rings is 2. The van der Waals surface area contributed by atoms with Gasteiger partial charge < -0.3 is 22.5 Å². The Morgan fingerprint density at radius 1 is 1.16 bits per heavy atom. The van der Waals surface area contributed by atoms with Crippen LogP contribution in [0.5, 0.6) is 5.75 Å². The van der Waals surface area contributed by atoms with Crippen molar-refractivity contribution in [3.05, 3.63) is 59.8 Å². The van der Waals surface area contributed by atoms with Crippen LogP contribution in [0.25, 0.3) is 10.9 Å². The van der Waals surface area contributed by atoms with Gasteiger partial charge in [0.15, 0.2) is 5.78 Å². The molecule has 1 N–H and O–H groups in total. The summed E-state index contributed by atoms with van der Waals surface area (Å²) in [6, 6.07) is 15.4. The summed E-state index contributed by atoms with van der Waals surface area (Å²) in [5.41, 5.74) is 4.34. The van der Waals surface area contributed by atoms with Crippen molar-refractivity contribution < 1.29 is 21.9 Å². The molecular formula is C20H20ClN2O2-. The molecule has 0 aliphatic rings. The van der Waals surface area contributed by atoms with Crippen LogP contribution in [0.1, 0.15) is 29.9 Å². The first kappa shape index (κ1) is 18.7. The summed E-state index contributed by atoms with van der Waals surface area (Å²) in [6.45, 7) is 6.12. The first-order valence-corrected chi connectivity index (χ1v) is 7.99. The predicted molar refractivity (Wildman–Crippen MR) is 97.4 cm³/mol. The summed E-state index contributed by atoms with van der Waals surface area (Å²) in [4.78, 5) is 16.2. The van der Waals surface area contributed by atoms with Crippen molar-refractivity contribution in [3.63, 3.8) is 0 Å². The number of carbonyl (C=O) groups is 1. The number of rotatable bonds is 5. The largest absolute Gasteiger partial charge is 1.00 e. The number of anilines is 2. The second-order valence-corrected chi connectivity index (χ2v) is 5.69. The van der Waals surface area contributed by atoms with Gasteiger partial charge in [-0.15, -0.1) is 0 Å². The number of aromatic nitrogens is 1. The lowest BCUT2D eigenvalue weighted by atomic mass is 10.1. The lowest BCUT2D eigenvalue weighted by molar-refractivity contribution is -0.0000135. The molecule has 0 saturated heterocycles. The molecule has 0 amide bonds. The number of nitrogens with one attached hydrogen (secondary N) is 1. The first-order valence-electron chi connectivity index (χ1n) is 7.99. The van der Waals surface area contributed by atoms with Gasteiger partial charge >= 0.3 is 0 Å². The van der Waals surface area contributed by atoms with Crippen molar-refractivity contribution >= 4 is 28.1 Å². The van der Waals surface area contributed by atoms with Crippen molar-refractivity contribution in [2.75, 3.05) is 11.9 Å². The molecule has 3 aromatic rings. The molecule has 1 aromatic heterocycles. The highest BCUT2D eigenvalue weighted by molar-refractivity contribution is 5.97. The molecule has 0 saturated carbocycles. The first-order chi connectivity index (χ1) is 11.6. The summed E-state index contributed by atoms with van der Waals surface area (Å²) in [5, 5.41) is 4.39. The highest BCUT2D eigenvalue weighted by atomic mass is 35.5. The smallest absolute Gasteiger partial charge is 0.159 e. The molecule has 4 nitrogen and oxygen atoms in total. The standard InChI is InChI=1S/C20H20N2O2.ClH/c1-4-24-17-8-9-19-18(12-17)20(10-13(2)21-19)22-16-7-5-6-15(11-16)14(3)23;/h5-12H,4H2,1-3H3,(H,21,22);1H/p-1. The highest BCUT2D eigenvalue weighted by Crippen LogP contribution is 2.30. The van der Waals surface area contributed by atoms with E-state index in [9.17, 15) is 4.79 Å². The molecule has 130 valence electrons. The molecule has 0 atom stereocenters. The van der Waals surface area contributed by atoms with Crippen molar-refractivity contribution in [2.45, 2.75) is 20.8 Å². The van der Waals surface area contributed by atoms with Gasteiger partial charge in [0, 0.05) is 28.0 Å². The van der Waals surface area contributed by atoms with E-state index in [1.807, 2.05) is 62.4 Å². The molecule has 0 aliphatic carbocycles. The van der Waals surface area contributed by atoms with E-state index in [0.29, 0.717) is 12.2 Å². The van der Waals surface area contributed by atoms with E-state index in [0.717, 1.165) is 33.7 Å². The Morgan fingerprint density at radius 2 is 1.96 bits per heavy atom. The normalized spacial score (nSPS) is 10.2. The number of hydrogen-bond acceptors (Lipinski definition) is 4. The third kappa shape index (κ3) is 4.28. The van der Waals surface area contributed by atoms with E-state index in [4.69, 9.17) is 4.74 Å². The molecule has 0 unspecified atom stereocenters. The summed E-state index contributed by atoms with van der Waals surface area (Å²) in [7, 11) is 0. The minimum atomic E-state index is 0. The number of ketones is 1. The molecule has 5 heteroatoms. The van der Waals surface area contributed by atoms with Crippen LogP contribution in [0.15, 0.2) is 48.5 Å². The Kier molecular flexibility index (Phi) is 5.99. The maximum atomic E-state index is 11.6. The zero-order chi connectivity index (χ0) is 17.1. The maximum Gasteiger partial charge on any atom is 0.159 e. The van der Waals surface area contributed by atoms with Crippen LogP contribution in [-0.4, -0.2) is 17.4 Å². The van der Waals surface area contributed by atoms with Crippen molar-refractivity contribution in [2.24, 2.45) is 0 Å². The molecule has 0 spiro atoms. The van der Waals surface area contributed by atoms with E-state index < -0.39 is 0 Å². The van der Waals surface area contributed by atoms with Crippen LogP contribution >= 0.6 is 0 Å². The topological polar surface area (TPSA) is 51.2 Å².